The van der Waals surface area contributed by atoms with E-state index in [0.717, 1.165) is 38.8 Å². The van der Waals surface area contributed by atoms with Gasteiger partial charge in [-0.25, -0.2) is 5.84 Å². The molecular formula is C12H23N3O3. The molecule has 1 saturated heterocycles. The second kappa shape index (κ2) is 5.97. The molecule has 2 fully saturated rings. The van der Waals surface area contributed by atoms with E-state index < -0.39 is 0 Å². The van der Waals surface area contributed by atoms with Gasteiger partial charge in [0.15, 0.2) is 0 Å². The number of aliphatic hydroxyl groups is 1. The quantitative estimate of drug-likeness (QED) is 0.342. The second-order valence-corrected chi connectivity index (χ2v) is 5.55. The first kappa shape index (κ1) is 13.7. The number of carbonyl (C=O) groups excluding carboxylic acids is 1. The van der Waals surface area contributed by atoms with Gasteiger partial charge in [-0.15, -0.1) is 0 Å². The number of amides is 1. The van der Waals surface area contributed by atoms with Crippen LogP contribution in [0.2, 0.25) is 0 Å². The van der Waals surface area contributed by atoms with E-state index in [1.807, 2.05) is 0 Å². The highest BCUT2D eigenvalue weighted by molar-refractivity contribution is 5.80. The highest BCUT2D eigenvalue weighted by Gasteiger charge is 2.32. The Morgan fingerprint density at radius 3 is 2.78 bits per heavy atom. The highest BCUT2D eigenvalue weighted by Crippen LogP contribution is 2.28. The molecule has 1 heterocycles. The van der Waals surface area contributed by atoms with Crippen molar-refractivity contribution in [3.05, 3.63) is 0 Å². The predicted octanol–water partition coefficient (Wildman–Crippen LogP) is -0.773. The number of ether oxygens (including phenoxy) is 1. The first-order valence-corrected chi connectivity index (χ1v) is 6.61. The maximum atomic E-state index is 11.3. The molecule has 2 atom stereocenters. The molecule has 2 aliphatic rings. The van der Waals surface area contributed by atoms with Crippen LogP contribution in [0.1, 0.15) is 25.7 Å². The lowest BCUT2D eigenvalue weighted by Gasteiger charge is -2.35. The van der Waals surface area contributed by atoms with Crippen LogP contribution in [0.5, 0.6) is 0 Å². The van der Waals surface area contributed by atoms with Crippen LogP contribution >= 0.6 is 0 Å². The maximum absolute atomic E-state index is 11.3. The van der Waals surface area contributed by atoms with Crippen LogP contribution in [0.15, 0.2) is 0 Å². The lowest BCUT2D eigenvalue weighted by Crippen LogP contribution is -2.41. The molecule has 1 aliphatic carbocycles. The number of nitrogens with two attached hydrogens (primary N) is 1. The minimum absolute atomic E-state index is 0.0937. The molecule has 0 aromatic heterocycles. The Kier molecular flexibility index (Phi) is 4.55. The molecule has 0 spiro atoms. The third-order valence-electron chi connectivity index (χ3n) is 3.84. The Bertz CT molecular complexity index is 294. The van der Waals surface area contributed by atoms with Crippen LogP contribution in [-0.2, 0) is 9.53 Å². The fourth-order valence-corrected chi connectivity index (χ4v) is 2.84. The van der Waals surface area contributed by atoms with Crippen molar-refractivity contribution in [1.82, 2.24) is 10.3 Å². The van der Waals surface area contributed by atoms with E-state index in [4.69, 9.17) is 10.6 Å². The maximum Gasteiger partial charge on any atom is 0.263 e. The van der Waals surface area contributed by atoms with Crippen molar-refractivity contribution in [2.24, 2.45) is 11.8 Å². The van der Waals surface area contributed by atoms with Gasteiger partial charge in [0.2, 0.25) is 0 Å². The van der Waals surface area contributed by atoms with Crippen LogP contribution in [0.4, 0.5) is 0 Å². The molecule has 0 radical (unpaired) electrons. The zero-order valence-corrected chi connectivity index (χ0v) is 10.8. The van der Waals surface area contributed by atoms with Crippen molar-refractivity contribution in [3.63, 3.8) is 0 Å². The van der Waals surface area contributed by atoms with Gasteiger partial charge in [0.05, 0.1) is 12.2 Å². The van der Waals surface area contributed by atoms with E-state index in [1.165, 1.54) is 0 Å². The molecule has 1 aliphatic heterocycles. The third kappa shape index (κ3) is 3.41. The average Bonchev–Trinajstić information content (AvgIpc) is 2.74. The van der Waals surface area contributed by atoms with Crippen molar-refractivity contribution in [3.8, 4) is 0 Å². The van der Waals surface area contributed by atoms with Crippen LogP contribution in [0, 0.1) is 5.92 Å². The lowest BCUT2D eigenvalue weighted by molar-refractivity contribution is -0.132. The number of nitrogens with zero attached hydrogens (tertiary/aromatic N) is 1. The summed E-state index contributed by atoms with van der Waals surface area (Å²) in [6.07, 6.45) is 3.09. The van der Waals surface area contributed by atoms with Crippen molar-refractivity contribution in [2.45, 2.75) is 44.0 Å². The van der Waals surface area contributed by atoms with Crippen molar-refractivity contribution < 1.29 is 14.6 Å². The molecule has 1 saturated carbocycles. The molecule has 18 heavy (non-hydrogen) atoms. The summed E-state index contributed by atoms with van der Waals surface area (Å²) in [4.78, 5) is 13.5. The molecule has 104 valence electrons. The Morgan fingerprint density at radius 2 is 2.17 bits per heavy atom. The van der Waals surface area contributed by atoms with Gasteiger partial charge in [-0.1, -0.05) is 0 Å². The average molecular weight is 257 g/mol. The van der Waals surface area contributed by atoms with E-state index in [0.29, 0.717) is 5.92 Å². The van der Waals surface area contributed by atoms with Crippen molar-refractivity contribution in [1.29, 1.82) is 0 Å². The van der Waals surface area contributed by atoms with Crippen LogP contribution in [-0.4, -0.2) is 54.4 Å². The molecule has 2 rings (SSSR count). The van der Waals surface area contributed by atoms with Crippen LogP contribution in [0.25, 0.3) is 0 Å². The summed E-state index contributed by atoms with van der Waals surface area (Å²) >= 11 is 0. The summed E-state index contributed by atoms with van der Waals surface area (Å²) in [5.41, 5.74) is 2.13. The fraction of sp³-hybridized carbons (Fsp3) is 0.917. The zero-order chi connectivity index (χ0) is 13.1. The van der Waals surface area contributed by atoms with E-state index in [-0.39, 0.29) is 24.2 Å². The number of carbonyl (C=O) groups is 1. The van der Waals surface area contributed by atoms with Crippen LogP contribution in [0.3, 0.4) is 0 Å². The Hall–Kier alpha value is -0.690. The highest BCUT2D eigenvalue weighted by atomic mass is 16.5. The molecule has 0 aromatic carbocycles. The van der Waals surface area contributed by atoms with E-state index in [1.54, 1.807) is 0 Å². The van der Waals surface area contributed by atoms with Gasteiger partial charge >= 0.3 is 0 Å². The fourth-order valence-electron chi connectivity index (χ4n) is 2.84. The van der Waals surface area contributed by atoms with Gasteiger partial charge in [-0.3, -0.25) is 10.2 Å². The van der Waals surface area contributed by atoms with Gasteiger partial charge in [0.25, 0.3) is 5.91 Å². The summed E-state index contributed by atoms with van der Waals surface area (Å²) in [6, 6.07) is 0. The summed E-state index contributed by atoms with van der Waals surface area (Å²) in [5, 5.41) is 9.24. The summed E-state index contributed by atoms with van der Waals surface area (Å²) in [6.45, 7) is 1.83. The van der Waals surface area contributed by atoms with Gasteiger partial charge in [0.1, 0.15) is 6.10 Å². The molecule has 6 heteroatoms. The summed E-state index contributed by atoms with van der Waals surface area (Å²) < 4.78 is 5.66. The minimum Gasteiger partial charge on any atom is -0.393 e. The van der Waals surface area contributed by atoms with Crippen LogP contribution < -0.4 is 11.3 Å². The molecule has 2 unspecified atom stereocenters. The Morgan fingerprint density at radius 1 is 1.44 bits per heavy atom. The van der Waals surface area contributed by atoms with E-state index in [9.17, 15) is 9.90 Å². The Labute approximate surface area is 107 Å². The number of hydrogen-bond acceptors (Lipinski definition) is 5. The Balaban J connectivity index is 1.66. The summed E-state index contributed by atoms with van der Waals surface area (Å²) in [5.74, 6) is 5.46. The molecule has 0 bridgehead atoms. The largest absolute Gasteiger partial charge is 0.393 e. The first-order chi connectivity index (χ1) is 8.58. The van der Waals surface area contributed by atoms with Gasteiger partial charge in [-0.2, -0.15) is 0 Å². The molecule has 4 N–H and O–H groups in total. The number of rotatable bonds is 5. The number of aliphatic hydroxyl groups excluding tert-OH is 1. The summed E-state index contributed by atoms with van der Waals surface area (Å²) in [7, 11) is 2.06. The topological polar surface area (TPSA) is 87.8 Å². The first-order valence-electron chi connectivity index (χ1n) is 6.61. The molecule has 6 nitrogen and oxygen atoms in total. The minimum atomic E-state index is -0.390. The molecule has 0 aromatic rings. The number of hydrogen-bond donors (Lipinski definition) is 3. The van der Waals surface area contributed by atoms with E-state index >= 15 is 0 Å². The predicted molar refractivity (Wildman–Crippen MR) is 66.5 cm³/mol. The SMILES string of the molecule is CN(CC1CC(O)C1)CC1CCC(C(=O)NN)O1. The zero-order valence-electron chi connectivity index (χ0n) is 10.8. The number of hydrazine groups is 1. The monoisotopic (exact) mass is 257 g/mol. The second-order valence-electron chi connectivity index (χ2n) is 5.55. The number of nitrogens with one attached hydrogen (secondary N) is 1. The van der Waals surface area contributed by atoms with Gasteiger partial charge < -0.3 is 14.7 Å². The lowest BCUT2D eigenvalue weighted by atomic mass is 9.82. The molecule has 1 amide bonds. The van der Waals surface area contributed by atoms with Gasteiger partial charge in [-0.05, 0) is 38.6 Å². The standard InChI is InChI=1S/C12H23N3O3/c1-15(6-8-4-9(16)5-8)7-10-2-3-11(18-10)12(17)14-13/h8-11,16H,2-7,13H2,1H3,(H,14,17). The smallest absolute Gasteiger partial charge is 0.263 e. The van der Waals surface area contributed by atoms with Crippen molar-refractivity contribution >= 4 is 5.91 Å². The number of likely N-dealkylation sites (N-methyl/N-ethyl adjacent to an activating group) is 1. The molecular weight excluding hydrogens is 234 g/mol. The normalized spacial score (nSPS) is 35.6. The van der Waals surface area contributed by atoms with Crippen molar-refractivity contribution in [2.75, 3.05) is 20.1 Å². The van der Waals surface area contributed by atoms with Gasteiger partial charge in [0, 0.05) is 13.1 Å². The van der Waals surface area contributed by atoms with E-state index in [2.05, 4.69) is 17.4 Å². The third-order valence-corrected chi connectivity index (χ3v) is 3.84.